The van der Waals surface area contributed by atoms with E-state index in [2.05, 4.69) is 28.2 Å². The summed E-state index contributed by atoms with van der Waals surface area (Å²) >= 11 is 4.82. The van der Waals surface area contributed by atoms with Crippen molar-refractivity contribution < 1.29 is 4.79 Å². The van der Waals surface area contributed by atoms with Gasteiger partial charge >= 0.3 is 0 Å². The van der Waals surface area contributed by atoms with Gasteiger partial charge in [0.25, 0.3) is 5.91 Å². The van der Waals surface area contributed by atoms with Crippen LogP contribution in [0.5, 0.6) is 0 Å². The number of carbonyl (C=O) groups is 1. The molecule has 94 valence electrons. The third kappa shape index (κ3) is 3.21. The molecule has 0 aliphatic carbocycles. The largest absolute Gasteiger partial charge is 0.345 e. The maximum Gasteiger partial charge on any atom is 0.261 e. The van der Waals surface area contributed by atoms with Gasteiger partial charge in [-0.15, -0.1) is 11.3 Å². The van der Waals surface area contributed by atoms with Gasteiger partial charge in [-0.25, -0.2) is 0 Å². The molecule has 18 heavy (non-hydrogen) atoms. The molecule has 1 amide bonds. The fourth-order valence-electron chi connectivity index (χ4n) is 1.77. The van der Waals surface area contributed by atoms with Crippen molar-refractivity contribution in [3.05, 3.63) is 56.7 Å². The van der Waals surface area contributed by atoms with Crippen LogP contribution in [0.4, 0.5) is 0 Å². The summed E-state index contributed by atoms with van der Waals surface area (Å²) in [7, 11) is 0. The Morgan fingerprint density at radius 3 is 2.56 bits per heavy atom. The van der Waals surface area contributed by atoms with Crippen LogP contribution in [0.2, 0.25) is 0 Å². The Kier molecular flexibility index (Phi) is 4.55. The number of nitrogens with one attached hydrogen (secondary N) is 1. The van der Waals surface area contributed by atoms with Crippen LogP contribution >= 0.6 is 27.3 Å². The molecular weight excluding hydrogens is 310 g/mol. The quantitative estimate of drug-likeness (QED) is 0.888. The molecule has 4 heteroatoms. The summed E-state index contributed by atoms with van der Waals surface area (Å²) in [6.45, 7) is 2.07. The van der Waals surface area contributed by atoms with E-state index in [1.807, 2.05) is 42.5 Å². The lowest BCUT2D eigenvalue weighted by Gasteiger charge is -2.16. The molecule has 0 spiro atoms. The molecule has 0 aliphatic heterocycles. The van der Waals surface area contributed by atoms with Crippen LogP contribution in [0.1, 0.15) is 34.6 Å². The van der Waals surface area contributed by atoms with Crippen LogP contribution in [-0.4, -0.2) is 5.91 Å². The summed E-state index contributed by atoms with van der Waals surface area (Å²) in [5.41, 5.74) is 1.14. The molecule has 1 aromatic heterocycles. The minimum Gasteiger partial charge on any atom is -0.345 e. The highest BCUT2D eigenvalue weighted by Gasteiger charge is 2.14. The van der Waals surface area contributed by atoms with E-state index >= 15 is 0 Å². The highest BCUT2D eigenvalue weighted by Crippen LogP contribution is 2.23. The number of halogens is 1. The molecule has 1 atom stereocenters. The molecule has 0 saturated carbocycles. The first-order chi connectivity index (χ1) is 8.70. The van der Waals surface area contributed by atoms with E-state index in [1.165, 1.54) is 11.3 Å². The molecule has 1 heterocycles. The molecule has 0 bridgehead atoms. The van der Waals surface area contributed by atoms with Crippen LogP contribution in [0.3, 0.4) is 0 Å². The average Bonchev–Trinajstić information content (AvgIpc) is 2.83. The molecule has 2 rings (SSSR count). The first kappa shape index (κ1) is 13.3. The second kappa shape index (κ2) is 6.16. The first-order valence-electron chi connectivity index (χ1n) is 5.82. The van der Waals surface area contributed by atoms with Gasteiger partial charge in [-0.1, -0.05) is 37.3 Å². The van der Waals surface area contributed by atoms with E-state index < -0.39 is 0 Å². The molecule has 0 unspecified atom stereocenters. The fourth-order valence-corrected chi connectivity index (χ4v) is 3.06. The molecule has 0 radical (unpaired) electrons. The van der Waals surface area contributed by atoms with Crippen LogP contribution in [-0.2, 0) is 0 Å². The van der Waals surface area contributed by atoms with Crippen molar-refractivity contribution in [1.29, 1.82) is 0 Å². The van der Waals surface area contributed by atoms with Crippen molar-refractivity contribution in [1.82, 2.24) is 5.32 Å². The molecule has 0 fully saturated rings. The predicted octanol–water partition coefficient (Wildman–Crippen LogP) is 4.39. The third-order valence-electron chi connectivity index (χ3n) is 2.71. The number of hydrogen-bond acceptors (Lipinski definition) is 2. The Labute approximate surface area is 119 Å². The van der Waals surface area contributed by atoms with Crippen molar-refractivity contribution in [3.63, 3.8) is 0 Å². The van der Waals surface area contributed by atoms with E-state index in [1.54, 1.807) is 0 Å². The minimum atomic E-state index is -0.0126. The summed E-state index contributed by atoms with van der Waals surface area (Å²) < 4.78 is 0.973. The lowest BCUT2D eigenvalue weighted by Crippen LogP contribution is -2.27. The zero-order valence-electron chi connectivity index (χ0n) is 10.0. The molecule has 1 aromatic carbocycles. The van der Waals surface area contributed by atoms with E-state index in [4.69, 9.17) is 0 Å². The summed E-state index contributed by atoms with van der Waals surface area (Å²) in [6.07, 6.45) is 0.877. The van der Waals surface area contributed by atoms with Gasteiger partial charge in [0.2, 0.25) is 0 Å². The number of rotatable bonds is 4. The van der Waals surface area contributed by atoms with Crippen molar-refractivity contribution in [2.45, 2.75) is 19.4 Å². The Hall–Kier alpha value is -1.13. The standard InChI is InChI=1S/C14H14BrNOS/c1-2-11(10-6-4-3-5-7-10)16-14(17)12-8-9-13(15)18-12/h3-9,11H,2H2,1H3,(H,16,17)/t11-/m0/s1. The topological polar surface area (TPSA) is 29.1 Å². The molecule has 2 nitrogen and oxygen atoms in total. The van der Waals surface area contributed by atoms with Gasteiger partial charge in [-0.05, 0) is 40.0 Å². The number of benzene rings is 1. The molecular formula is C14H14BrNOS. The summed E-state index contributed by atoms with van der Waals surface area (Å²) in [5, 5.41) is 3.06. The van der Waals surface area contributed by atoms with Crippen molar-refractivity contribution in [2.75, 3.05) is 0 Å². The zero-order valence-corrected chi connectivity index (χ0v) is 12.4. The van der Waals surface area contributed by atoms with Crippen molar-refractivity contribution in [3.8, 4) is 0 Å². The van der Waals surface area contributed by atoms with Crippen LogP contribution in [0.25, 0.3) is 0 Å². The Morgan fingerprint density at radius 1 is 1.28 bits per heavy atom. The first-order valence-corrected chi connectivity index (χ1v) is 7.42. The normalized spacial score (nSPS) is 12.1. The van der Waals surface area contributed by atoms with Gasteiger partial charge in [0, 0.05) is 0 Å². The maximum atomic E-state index is 12.1. The van der Waals surface area contributed by atoms with Crippen molar-refractivity contribution in [2.24, 2.45) is 0 Å². The smallest absolute Gasteiger partial charge is 0.261 e. The Morgan fingerprint density at radius 2 is 2.00 bits per heavy atom. The lowest BCUT2D eigenvalue weighted by atomic mass is 10.0. The van der Waals surface area contributed by atoms with E-state index in [0.717, 1.165) is 20.6 Å². The van der Waals surface area contributed by atoms with Gasteiger partial charge in [0.15, 0.2) is 0 Å². The van der Waals surface area contributed by atoms with Gasteiger partial charge in [-0.2, -0.15) is 0 Å². The Balaban J connectivity index is 2.10. The summed E-state index contributed by atoms with van der Waals surface area (Å²) in [5.74, 6) is -0.0126. The highest BCUT2D eigenvalue weighted by molar-refractivity contribution is 9.11. The SMILES string of the molecule is CC[C@H](NC(=O)c1ccc(Br)s1)c1ccccc1. The van der Waals surface area contributed by atoms with Crippen LogP contribution in [0, 0.1) is 0 Å². The van der Waals surface area contributed by atoms with E-state index in [9.17, 15) is 4.79 Å². The summed E-state index contributed by atoms with van der Waals surface area (Å²) in [4.78, 5) is 12.8. The van der Waals surface area contributed by atoms with Crippen LogP contribution in [0.15, 0.2) is 46.3 Å². The van der Waals surface area contributed by atoms with E-state index in [0.29, 0.717) is 0 Å². The maximum absolute atomic E-state index is 12.1. The minimum absolute atomic E-state index is 0.0126. The number of thiophene rings is 1. The molecule has 0 aliphatic rings. The van der Waals surface area contributed by atoms with Gasteiger partial charge in [-0.3, -0.25) is 4.79 Å². The molecule has 0 saturated heterocycles. The zero-order chi connectivity index (χ0) is 13.0. The number of carbonyl (C=O) groups excluding carboxylic acids is 1. The second-order valence-corrected chi connectivity index (χ2v) is 6.41. The predicted molar refractivity (Wildman–Crippen MR) is 79.0 cm³/mol. The molecule has 2 aromatic rings. The molecule has 1 N–H and O–H groups in total. The van der Waals surface area contributed by atoms with Gasteiger partial charge in [0.05, 0.1) is 14.7 Å². The van der Waals surface area contributed by atoms with E-state index in [-0.39, 0.29) is 11.9 Å². The van der Waals surface area contributed by atoms with Crippen molar-refractivity contribution >= 4 is 33.2 Å². The lowest BCUT2D eigenvalue weighted by molar-refractivity contribution is 0.0939. The van der Waals surface area contributed by atoms with Gasteiger partial charge < -0.3 is 5.32 Å². The summed E-state index contributed by atoms with van der Waals surface area (Å²) in [6, 6.07) is 13.8. The highest BCUT2D eigenvalue weighted by atomic mass is 79.9. The number of amides is 1. The Bertz CT molecular complexity index is 524. The van der Waals surface area contributed by atoms with Crippen LogP contribution < -0.4 is 5.32 Å². The van der Waals surface area contributed by atoms with Gasteiger partial charge in [0.1, 0.15) is 0 Å². The average molecular weight is 324 g/mol. The second-order valence-electron chi connectivity index (χ2n) is 3.95. The number of hydrogen-bond donors (Lipinski definition) is 1. The fraction of sp³-hybridized carbons (Fsp3) is 0.214. The monoisotopic (exact) mass is 323 g/mol. The third-order valence-corrected chi connectivity index (χ3v) is 4.33.